The first-order chi connectivity index (χ1) is 10.1. The van der Waals surface area contributed by atoms with Crippen LogP contribution in [0.1, 0.15) is 46.0 Å². The highest BCUT2D eigenvalue weighted by Gasteiger charge is 2.14. The first-order valence-corrected chi connectivity index (χ1v) is 7.71. The van der Waals surface area contributed by atoms with Crippen LogP contribution in [0.25, 0.3) is 0 Å². The molecule has 21 heavy (non-hydrogen) atoms. The number of carbonyl (C=O) groups is 2. The smallest absolute Gasteiger partial charge is 0.338 e. The van der Waals surface area contributed by atoms with Gasteiger partial charge in [-0.1, -0.05) is 25.5 Å². The maximum Gasteiger partial charge on any atom is 0.338 e. The summed E-state index contributed by atoms with van der Waals surface area (Å²) in [7, 11) is 0. The second-order valence-electron chi connectivity index (χ2n) is 4.72. The average Bonchev–Trinajstić information content (AvgIpc) is 2.94. The SMILES string of the molecule is CCCCc1ccc(C(=O)Nc2sccc2C(=O)O)cc1. The fraction of sp³-hybridized carbons (Fsp3) is 0.250. The van der Waals surface area contributed by atoms with Crippen LogP contribution in [-0.2, 0) is 6.42 Å². The van der Waals surface area contributed by atoms with E-state index in [0.717, 1.165) is 19.3 Å². The lowest BCUT2D eigenvalue weighted by Crippen LogP contribution is -2.13. The molecule has 0 atom stereocenters. The Morgan fingerprint density at radius 1 is 1.19 bits per heavy atom. The Labute approximate surface area is 127 Å². The molecule has 0 spiro atoms. The number of hydrogen-bond donors (Lipinski definition) is 2. The van der Waals surface area contributed by atoms with Crippen molar-refractivity contribution in [2.24, 2.45) is 0 Å². The highest BCUT2D eigenvalue weighted by atomic mass is 32.1. The standard InChI is InChI=1S/C16H17NO3S/c1-2-3-4-11-5-7-12(8-6-11)14(18)17-15-13(16(19)20)9-10-21-15/h5-10H,2-4H2,1H3,(H,17,18)(H,19,20). The number of aromatic carboxylic acids is 1. The van der Waals surface area contributed by atoms with E-state index in [-0.39, 0.29) is 11.5 Å². The summed E-state index contributed by atoms with van der Waals surface area (Å²) in [5.41, 5.74) is 1.85. The Hall–Kier alpha value is -2.14. The zero-order valence-corrected chi connectivity index (χ0v) is 12.6. The Morgan fingerprint density at radius 3 is 2.52 bits per heavy atom. The number of anilines is 1. The molecule has 1 heterocycles. The molecule has 2 aromatic rings. The molecule has 2 N–H and O–H groups in total. The molecule has 0 saturated carbocycles. The lowest BCUT2D eigenvalue weighted by molar-refractivity contribution is 0.0698. The number of carboxylic acid groups (broad SMARTS) is 1. The van der Waals surface area contributed by atoms with Crippen LogP contribution in [-0.4, -0.2) is 17.0 Å². The van der Waals surface area contributed by atoms with Crippen molar-refractivity contribution in [2.45, 2.75) is 26.2 Å². The molecule has 1 amide bonds. The number of carboxylic acids is 1. The van der Waals surface area contributed by atoms with Gasteiger partial charge in [0, 0.05) is 5.56 Å². The minimum atomic E-state index is -1.04. The summed E-state index contributed by atoms with van der Waals surface area (Å²) in [5.74, 6) is -1.33. The van der Waals surface area contributed by atoms with Gasteiger partial charge in [0.05, 0.1) is 5.56 Å². The molecule has 110 valence electrons. The number of nitrogens with one attached hydrogen (secondary N) is 1. The van der Waals surface area contributed by atoms with E-state index in [4.69, 9.17) is 5.11 Å². The maximum atomic E-state index is 12.1. The Bertz CT molecular complexity index is 631. The molecular weight excluding hydrogens is 286 g/mol. The highest BCUT2D eigenvalue weighted by Crippen LogP contribution is 2.23. The van der Waals surface area contributed by atoms with Crippen molar-refractivity contribution < 1.29 is 14.7 Å². The van der Waals surface area contributed by atoms with Crippen molar-refractivity contribution in [1.82, 2.24) is 0 Å². The minimum absolute atomic E-state index is 0.118. The van der Waals surface area contributed by atoms with E-state index in [2.05, 4.69) is 12.2 Å². The number of unbranched alkanes of at least 4 members (excludes halogenated alkanes) is 1. The first kappa shape index (κ1) is 15.3. The van der Waals surface area contributed by atoms with Gasteiger partial charge in [-0.3, -0.25) is 4.79 Å². The molecule has 0 aliphatic rings. The molecule has 0 saturated heterocycles. The lowest BCUT2D eigenvalue weighted by atomic mass is 10.1. The molecule has 0 aliphatic heterocycles. The molecular formula is C16H17NO3S. The van der Waals surface area contributed by atoms with Crippen LogP contribution in [0, 0.1) is 0 Å². The summed E-state index contributed by atoms with van der Waals surface area (Å²) in [4.78, 5) is 23.1. The van der Waals surface area contributed by atoms with E-state index < -0.39 is 5.97 Å². The number of amides is 1. The Balaban J connectivity index is 2.06. The second-order valence-corrected chi connectivity index (χ2v) is 5.64. The maximum absolute atomic E-state index is 12.1. The van der Waals surface area contributed by atoms with Gasteiger partial charge in [0.1, 0.15) is 5.00 Å². The van der Waals surface area contributed by atoms with Gasteiger partial charge in [-0.05, 0) is 42.0 Å². The molecule has 1 aromatic heterocycles. The number of carbonyl (C=O) groups excluding carboxylic acids is 1. The summed E-state index contributed by atoms with van der Waals surface area (Å²) < 4.78 is 0. The number of rotatable bonds is 6. The fourth-order valence-corrected chi connectivity index (χ4v) is 2.73. The van der Waals surface area contributed by atoms with Crippen molar-refractivity contribution in [3.05, 3.63) is 52.4 Å². The van der Waals surface area contributed by atoms with Crippen LogP contribution in [0.4, 0.5) is 5.00 Å². The van der Waals surface area contributed by atoms with Gasteiger partial charge in [-0.25, -0.2) is 4.79 Å². The summed E-state index contributed by atoms with van der Waals surface area (Å²) in [5, 5.41) is 13.7. The van der Waals surface area contributed by atoms with Crippen molar-refractivity contribution in [1.29, 1.82) is 0 Å². The zero-order valence-electron chi connectivity index (χ0n) is 11.8. The molecule has 0 fully saturated rings. The van der Waals surface area contributed by atoms with Gasteiger partial charge < -0.3 is 10.4 Å². The van der Waals surface area contributed by atoms with E-state index in [1.807, 2.05) is 12.1 Å². The molecule has 1 aromatic carbocycles. The fourth-order valence-electron chi connectivity index (χ4n) is 1.95. The Morgan fingerprint density at radius 2 is 1.90 bits per heavy atom. The number of thiophene rings is 1. The van der Waals surface area contributed by atoms with E-state index in [0.29, 0.717) is 10.6 Å². The van der Waals surface area contributed by atoms with Crippen LogP contribution >= 0.6 is 11.3 Å². The van der Waals surface area contributed by atoms with E-state index in [1.54, 1.807) is 17.5 Å². The second kappa shape index (κ2) is 7.04. The molecule has 0 unspecified atom stereocenters. The zero-order chi connectivity index (χ0) is 15.2. The van der Waals surface area contributed by atoms with Gasteiger partial charge >= 0.3 is 5.97 Å². The average molecular weight is 303 g/mol. The normalized spacial score (nSPS) is 10.3. The van der Waals surface area contributed by atoms with Gasteiger partial charge in [0.15, 0.2) is 0 Å². The lowest BCUT2D eigenvalue weighted by Gasteiger charge is -2.05. The third-order valence-electron chi connectivity index (χ3n) is 3.16. The first-order valence-electron chi connectivity index (χ1n) is 6.83. The van der Waals surface area contributed by atoms with E-state index in [9.17, 15) is 9.59 Å². The molecule has 4 nitrogen and oxygen atoms in total. The number of benzene rings is 1. The van der Waals surface area contributed by atoms with Crippen LogP contribution in [0.5, 0.6) is 0 Å². The molecule has 0 bridgehead atoms. The van der Waals surface area contributed by atoms with Crippen molar-refractivity contribution in [2.75, 3.05) is 5.32 Å². The molecule has 0 aliphatic carbocycles. The van der Waals surface area contributed by atoms with Gasteiger partial charge in [0.2, 0.25) is 0 Å². The topological polar surface area (TPSA) is 66.4 Å². The quantitative estimate of drug-likeness (QED) is 0.846. The monoisotopic (exact) mass is 303 g/mol. The third-order valence-corrected chi connectivity index (χ3v) is 3.99. The van der Waals surface area contributed by atoms with Gasteiger partial charge in [0.25, 0.3) is 5.91 Å². The van der Waals surface area contributed by atoms with Crippen LogP contribution in [0.2, 0.25) is 0 Å². The number of hydrogen-bond acceptors (Lipinski definition) is 3. The summed E-state index contributed by atoms with van der Waals surface area (Å²) in [6.07, 6.45) is 3.27. The van der Waals surface area contributed by atoms with Crippen molar-refractivity contribution >= 4 is 28.2 Å². The highest BCUT2D eigenvalue weighted by molar-refractivity contribution is 7.14. The third kappa shape index (κ3) is 3.92. The number of aryl methyl sites for hydroxylation is 1. The van der Waals surface area contributed by atoms with E-state index in [1.165, 1.54) is 23.0 Å². The molecule has 0 radical (unpaired) electrons. The van der Waals surface area contributed by atoms with Crippen LogP contribution in [0.15, 0.2) is 35.7 Å². The largest absolute Gasteiger partial charge is 0.478 e. The predicted molar refractivity (Wildman–Crippen MR) is 84.3 cm³/mol. The minimum Gasteiger partial charge on any atom is -0.478 e. The predicted octanol–water partition coefficient (Wildman–Crippen LogP) is 4.04. The van der Waals surface area contributed by atoms with Crippen molar-refractivity contribution in [3.8, 4) is 0 Å². The summed E-state index contributed by atoms with van der Waals surface area (Å²) in [6.45, 7) is 2.14. The van der Waals surface area contributed by atoms with Crippen LogP contribution in [0.3, 0.4) is 0 Å². The van der Waals surface area contributed by atoms with Gasteiger partial charge in [-0.15, -0.1) is 11.3 Å². The van der Waals surface area contributed by atoms with Crippen molar-refractivity contribution in [3.63, 3.8) is 0 Å². The summed E-state index contributed by atoms with van der Waals surface area (Å²) >= 11 is 1.20. The Kier molecular flexibility index (Phi) is 5.11. The van der Waals surface area contributed by atoms with Gasteiger partial charge in [-0.2, -0.15) is 0 Å². The van der Waals surface area contributed by atoms with Crippen LogP contribution < -0.4 is 5.32 Å². The molecule has 5 heteroatoms. The van der Waals surface area contributed by atoms with E-state index >= 15 is 0 Å². The summed E-state index contributed by atoms with van der Waals surface area (Å²) in [6, 6.07) is 8.91. The molecule has 2 rings (SSSR count).